The van der Waals surface area contributed by atoms with Gasteiger partial charge < -0.3 is 9.84 Å². The van der Waals surface area contributed by atoms with Crippen molar-refractivity contribution in [3.05, 3.63) is 12.2 Å². The summed E-state index contributed by atoms with van der Waals surface area (Å²) in [5.41, 5.74) is 0. The zero-order valence-corrected chi connectivity index (χ0v) is 11.7. The smallest absolute Gasteiger partial charge is 0.302 e. The Hall–Kier alpha value is -0.830. The van der Waals surface area contributed by atoms with Gasteiger partial charge in [0.1, 0.15) is 0 Å². The second-order valence-electron chi connectivity index (χ2n) is 4.59. The number of carbonyl (C=O) groups is 1. The Bertz CT molecular complexity index is 212. The van der Waals surface area contributed by atoms with E-state index in [9.17, 15) is 4.79 Å². The van der Waals surface area contributed by atoms with Crippen LogP contribution in [0.5, 0.6) is 0 Å². The number of esters is 1. The Kier molecular flexibility index (Phi) is 13.6. The van der Waals surface area contributed by atoms with E-state index in [0.29, 0.717) is 6.61 Å². The van der Waals surface area contributed by atoms with Gasteiger partial charge in [0.25, 0.3) is 0 Å². The number of carbonyl (C=O) groups excluding carboxylic acids is 1. The first kappa shape index (κ1) is 17.2. The van der Waals surface area contributed by atoms with Gasteiger partial charge in [-0.3, -0.25) is 4.79 Å². The lowest BCUT2D eigenvalue weighted by atomic mass is 10.1. The highest BCUT2D eigenvalue weighted by Gasteiger charge is 1.94. The fraction of sp³-hybridized carbons (Fsp3) is 0.800. The number of ether oxygens (including phenoxy) is 1. The van der Waals surface area contributed by atoms with Crippen molar-refractivity contribution in [2.45, 2.75) is 64.7 Å². The second-order valence-corrected chi connectivity index (χ2v) is 4.59. The number of aliphatic hydroxyl groups is 1. The fourth-order valence-electron chi connectivity index (χ4n) is 1.77. The van der Waals surface area contributed by atoms with Crippen LogP contribution in [0, 0.1) is 0 Å². The van der Waals surface area contributed by atoms with Crippen LogP contribution in [0.3, 0.4) is 0 Å². The molecule has 0 aliphatic carbocycles. The van der Waals surface area contributed by atoms with Crippen LogP contribution in [0.15, 0.2) is 12.2 Å². The average Bonchev–Trinajstić information content (AvgIpc) is 2.34. The molecule has 0 radical (unpaired) electrons. The summed E-state index contributed by atoms with van der Waals surface area (Å²) >= 11 is 0. The van der Waals surface area contributed by atoms with Gasteiger partial charge in [-0.1, -0.05) is 44.3 Å². The van der Waals surface area contributed by atoms with Crippen molar-refractivity contribution in [3.8, 4) is 0 Å². The maximum Gasteiger partial charge on any atom is 0.302 e. The van der Waals surface area contributed by atoms with Crippen LogP contribution < -0.4 is 0 Å². The topological polar surface area (TPSA) is 46.5 Å². The Balaban J connectivity index is 3.01. The zero-order chi connectivity index (χ0) is 13.5. The molecule has 0 aromatic heterocycles. The number of unbranched alkanes of at least 4 members (excludes halogenated alkanes) is 7. The van der Waals surface area contributed by atoms with E-state index in [-0.39, 0.29) is 12.6 Å². The molecule has 1 N–H and O–H groups in total. The molecule has 0 aromatic rings. The minimum Gasteiger partial charge on any atom is -0.466 e. The molecular weight excluding hydrogens is 228 g/mol. The van der Waals surface area contributed by atoms with Gasteiger partial charge in [0, 0.05) is 13.5 Å². The molecule has 18 heavy (non-hydrogen) atoms. The second kappa shape index (κ2) is 14.2. The van der Waals surface area contributed by atoms with Crippen molar-refractivity contribution in [3.63, 3.8) is 0 Å². The maximum absolute atomic E-state index is 10.5. The molecule has 0 saturated heterocycles. The van der Waals surface area contributed by atoms with Crippen molar-refractivity contribution in [1.29, 1.82) is 0 Å². The van der Waals surface area contributed by atoms with E-state index in [4.69, 9.17) is 9.84 Å². The molecule has 3 heteroatoms. The Morgan fingerprint density at radius 1 is 0.944 bits per heavy atom. The first-order valence-electron chi connectivity index (χ1n) is 7.16. The normalized spacial score (nSPS) is 11.0. The van der Waals surface area contributed by atoms with E-state index in [1.54, 1.807) is 0 Å². The van der Waals surface area contributed by atoms with Crippen molar-refractivity contribution in [2.75, 3.05) is 13.2 Å². The minimum absolute atomic E-state index is 0.177. The van der Waals surface area contributed by atoms with Gasteiger partial charge in [0.05, 0.1) is 6.61 Å². The molecule has 0 unspecified atom stereocenters. The lowest BCUT2D eigenvalue weighted by molar-refractivity contribution is -0.141. The molecule has 0 aliphatic heterocycles. The van der Waals surface area contributed by atoms with Crippen molar-refractivity contribution in [2.24, 2.45) is 0 Å². The number of hydrogen-bond donors (Lipinski definition) is 1. The third kappa shape index (κ3) is 15.2. The van der Waals surface area contributed by atoms with Crippen LogP contribution in [-0.4, -0.2) is 24.3 Å². The van der Waals surface area contributed by atoms with Gasteiger partial charge in [-0.2, -0.15) is 0 Å². The van der Waals surface area contributed by atoms with Gasteiger partial charge in [0.2, 0.25) is 0 Å². The summed E-state index contributed by atoms with van der Waals surface area (Å²) in [6.07, 6.45) is 14.6. The first-order chi connectivity index (χ1) is 8.77. The number of hydrogen-bond acceptors (Lipinski definition) is 3. The zero-order valence-electron chi connectivity index (χ0n) is 11.7. The molecule has 0 atom stereocenters. The van der Waals surface area contributed by atoms with Crippen LogP contribution in [0.1, 0.15) is 64.7 Å². The monoisotopic (exact) mass is 256 g/mol. The summed E-state index contributed by atoms with van der Waals surface area (Å²) in [5.74, 6) is -0.177. The lowest BCUT2D eigenvalue weighted by Crippen LogP contribution is -1.99. The lowest BCUT2D eigenvalue weighted by Gasteiger charge is -2.02. The third-order valence-corrected chi connectivity index (χ3v) is 2.78. The molecule has 0 rings (SSSR count). The van der Waals surface area contributed by atoms with Gasteiger partial charge in [-0.15, -0.1) is 0 Å². The number of allylic oxidation sites excluding steroid dienone is 1. The van der Waals surface area contributed by atoms with Crippen LogP contribution in [-0.2, 0) is 9.53 Å². The summed E-state index contributed by atoms with van der Waals surface area (Å²) < 4.78 is 4.87. The summed E-state index contributed by atoms with van der Waals surface area (Å²) in [7, 11) is 0. The first-order valence-corrected chi connectivity index (χ1v) is 7.16. The van der Waals surface area contributed by atoms with E-state index in [0.717, 1.165) is 25.7 Å². The predicted octanol–water partition coefficient (Wildman–Crippen LogP) is 3.61. The minimum atomic E-state index is -0.177. The Morgan fingerprint density at radius 2 is 1.50 bits per heavy atom. The highest BCUT2D eigenvalue weighted by molar-refractivity contribution is 5.65. The summed E-state index contributed by atoms with van der Waals surface area (Å²) in [6, 6.07) is 0. The van der Waals surface area contributed by atoms with Gasteiger partial charge in [-0.05, 0) is 25.7 Å². The SMILES string of the molecule is CC(=O)OCCCCCCCCCC=CCCO. The molecule has 0 spiro atoms. The van der Waals surface area contributed by atoms with E-state index in [1.807, 2.05) is 0 Å². The summed E-state index contributed by atoms with van der Waals surface area (Å²) in [4.78, 5) is 10.5. The maximum atomic E-state index is 10.5. The standard InChI is InChI=1S/C15H28O3/c1-15(17)18-14-12-10-8-6-4-2-3-5-7-9-11-13-16/h7,9,16H,2-6,8,10-14H2,1H3. The summed E-state index contributed by atoms with van der Waals surface area (Å²) in [6.45, 7) is 2.28. The molecular formula is C15H28O3. The van der Waals surface area contributed by atoms with E-state index in [2.05, 4.69) is 12.2 Å². The van der Waals surface area contributed by atoms with Gasteiger partial charge >= 0.3 is 5.97 Å². The average molecular weight is 256 g/mol. The van der Waals surface area contributed by atoms with Crippen LogP contribution in [0.4, 0.5) is 0 Å². The fourth-order valence-corrected chi connectivity index (χ4v) is 1.77. The molecule has 0 saturated carbocycles. The highest BCUT2D eigenvalue weighted by atomic mass is 16.5. The molecule has 0 fully saturated rings. The molecule has 3 nitrogen and oxygen atoms in total. The third-order valence-electron chi connectivity index (χ3n) is 2.78. The largest absolute Gasteiger partial charge is 0.466 e. The van der Waals surface area contributed by atoms with E-state index in [1.165, 1.54) is 39.0 Å². The summed E-state index contributed by atoms with van der Waals surface area (Å²) in [5, 5.41) is 8.58. The van der Waals surface area contributed by atoms with Crippen molar-refractivity contribution in [1.82, 2.24) is 0 Å². The molecule has 0 aromatic carbocycles. The quantitative estimate of drug-likeness (QED) is 0.329. The van der Waals surface area contributed by atoms with Crippen LogP contribution in [0.25, 0.3) is 0 Å². The number of aliphatic hydroxyl groups excluding tert-OH is 1. The molecule has 0 heterocycles. The highest BCUT2D eigenvalue weighted by Crippen LogP contribution is 2.09. The Morgan fingerprint density at radius 3 is 2.11 bits per heavy atom. The van der Waals surface area contributed by atoms with Crippen LogP contribution >= 0.6 is 0 Å². The van der Waals surface area contributed by atoms with E-state index < -0.39 is 0 Å². The van der Waals surface area contributed by atoms with Gasteiger partial charge in [-0.25, -0.2) is 0 Å². The molecule has 106 valence electrons. The van der Waals surface area contributed by atoms with Crippen LogP contribution in [0.2, 0.25) is 0 Å². The van der Waals surface area contributed by atoms with Gasteiger partial charge in [0.15, 0.2) is 0 Å². The van der Waals surface area contributed by atoms with Crippen molar-refractivity contribution < 1.29 is 14.6 Å². The molecule has 0 aliphatic rings. The molecule has 0 bridgehead atoms. The Labute approximate surface area is 111 Å². The number of rotatable bonds is 12. The predicted molar refractivity (Wildman–Crippen MR) is 74.4 cm³/mol. The van der Waals surface area contributed by atoms with E-state index >= 15 is 0 Å². The molecule has 0 amide bonds. The van der Waals surface area contributed by atoms with Crippen molar-refractivity contribution >= 4 is 5.97 Å².